The van der Waals surface area contributed by atoms with E-state index in [1.54, 1.807) is 12.3 Å². The van der Waals surface area contributed by atoms with Gasteiger partial charge in [-0.05, 0) is 44.0 Å². The largest absolute Gasteiger partial charge is 0.460 e. The summed E-state index contributed by atoms with van der Waals surface area (Å²) in [6, 6.07) is 9.34. The molecule has 0 aliphatic heterocycles. The van der Waals surface area contributed by atoms with Crippen LogP contribution in [-0.4, -0.2) is 21.7 Å². The molecule has 130 valence electrons. The number of rotatable bonds is 3. The van der Waals surface area contributed by atoms with Crippen molar-refractivity contribution in [2.45, 2.75) is 32.9 Å². The Morgan fingerprint density at radius 3 is 2.84 bits per heavy atom. The summed E-state index contributed by atoms with van der Waals surface area (Å²) in [5.74, 6) is 0. The fraction of sp³-hybridized carbons (Fsp3) is 0.278. The summed E-state index contributed by atoms with van der Waals surface area (Å²) in [6.07, 6.45) is 1.09. The van der Waals surface area contributed by atoms with Crippen LogP contribution in [0.2, 0.25) is 5.28 Å². The highest BCUT2D eigenvalue weighted by atomic mass is 35.5. The minimum atomic E-state index is -0.533. The van der Waals surface area contributed by atoms with E-state index in [4.69, 9.17) is 20.8 Å². The summed E-state index contributed by atoms with van der Waals surface area (Å²) in [7, 11) is 0. The third-order valence-electron chi connectivity index (χ3n) is 3.31. The van der Waals surface area contributed by atoms with Crippen molar-refractivity contribution in [3.8, 4) is 11.3 Å². The number of ether oxygens (including phenoxy) is 1. The number of fused-ring (bicyclic) bond motifs is 1. The number of furan rings is 1. The minimum absolute atomic E-state index is 0.154. The standard InChI is InChI=1S/C18H18ClN3O3/c1-18(2,3)25-17(23)20-10-11-5-4-6-12(9-11)14-15-13(7-8-24-15)21-16(19)22-14/h4-9H,10H2,1-3H3,(H,20,23). The second-order valence-corrected chi connectivity index (χ2v) is 6.87. The number of nitrogens with one attached hydrogen (secondary N) is 1. The van der Waals surface area contributed by atoms with Crippen LogP contribution in [0.1, 0.15) is 26.3 Å². The van der Waals surface area contributed by atoms with Gasteiger partial charge in [-0.1, -0.05) is 18.2 Å². The number of carbonyl (C=O) groups is 1. The van der Waals surface area contributed by atoms with Crippen LogP contribution in [0.5, 0.6) is 0 Å². The smallest absolute Gasteiger partial charge is 0.407 e. The highest BCUT2D eigenvalue weighted by Crippen LogP contribution is 2.28. The van der Waals surface area contributed by atoms with E-state index in [9.17, 15) is 4.79 Å². The molecule has 3 aromatic rings. The summed E-state index contributed by atoms with van der Waals surface area (Å²) in [5.41, 5.74) is 3.02. The summed E-state index contributed by atoms with van der Waals surface area (Å²) in [6.45, 7) is 5.80. The number of halogens is 1. The van der Waals surface area contributed by atoms with Crippen molar-refractivity contribution in [3.05, 3.63) is 47.4 Å². The number of aromatic nitrogens is 2. The average molecular weight is 360 g/mol. The molecule has 3 rings (SSSR count). The predicted octanol–water partition coefficient (Wildman–Crippen LogP) is 4.57. The highest BCUT2D eigenvalue weighted by molar-refractivity contribution is 6.28. The van der Waals surface area contributed by atoms with Gasteiger partial charge in [0.05, 0.1) is 6.26 Å². The Morgan fingerprint density at radius 1 is 1.28 bits per heavy atom. The molecule has 0 radical (unpaired) electrons. The molecular formula is C18H18ClN3O3. The summed E-state index contributed by atoms with van der Waals surface area (Å²) >= 11 is 6.00. The molecule has 0 spiro atoms. The number of hydrogen-bond donors (Lipinski definition) is 1. The first kappa shape index (κ1) is 17.2. The van der Waals surface area contributed by atoms with Gasteiger partial charge in [0.2, 0.25) is 5.28 Å². The highest BCUT2D eigenvalue weighted by Gasteiger charge is 2.16. The molecule has 0 aliphatic rings. The SMILES string of the molecule is CC(C)(C)OC(=O)NCc1cccc(-c2nc(Cl)nc3ccoc23)c1. The number of hydrogen-bond acceptors (Lipinski definition) is 5. The van der Waals surface area contributed by atoms with Gasteiger partial charge < -0.3 is 14.5 Å². The Hall–Kier alpha value is -2.60. The molecule has 0 unspecified atom stereocenters. The van der Waals surface area contributed by atoms with E-state index in [0.717, 1.165) is 11.1 Å². The van der Waals surface area contributed by atoms with Gasteiger partial charge in [-0.15, -0.1) is 0 Å². The van der Waals surface area contributed by atoms with Gasteiger partial charge in [-0.25, -0.2) is 14.8 Å². The van der Waals surface area contributed by atoms with Gasteiger partial charge in [-0.3, -0.25) is 0 Å². The molecule has 7 heteroatoms. The van der Waals surface area contributed by atoms with E-state index in [2.05, 4.69) is 15.3 Å². The molecule has 0 atom stereocenters. The Kier molecular flexibility index (Phi) is 4.63. The summed E-state index contributed by atoms with van der Waals surface area (Å²) in [4.78, 5) is 20.2. The van der Waals surface area contributed by atoms with E-state index >= 15 is 0 Å². The number of carbonyl (C=O) groups excluding carboxylic acids is 1. The first-order valence-corrected chi connectivity index (χ1v) is 8.16. The number of amides is 1. The second kappa shape index (κ2) is 6.72. The molecule has 6 nitrogen and oxygen atoms in total. The normalized spacial score (nSPS) is 11.5. The van der Waals surface area contributed by atoms with E-state index in [1.165, 1.54) is 0 Å². The van der Waals surface area contributed by atoms with Crippen molar-refractivity contribution in [3.63, 3.8) is 0 Å². The van der Waals surface area contributed by atoms with Gasteiger partial charge in [0.1, 0.15) is 16.8 Å². The number of alkyl carbamates (subject to hydrolysis) is 1. The molecule has 0 saturated heterocycles. The van der Waals surface area contributed by atoms with Gasteiger partial charge in [-0.2, -0.15) is 0 Å². The molecule has 1 aromatic carbocycles. The third kappa shape index (κ3) is 4.28. The monoisotopic (exact) mass is 359 g/mol. The van der Waals surface area contributed by atoms with Crippen LogP contribution in [0.25, 0.3) is 22.4 Å². The van der Waals surface area contributed by atoms with Gasteiger partial charge in [0, 0.05) is 18.2 Å². The number of benzene rings is 1. The third-order valence-corrected chi connectivity index (χ3v) is 3.48. The summed E-state index contributed by atoms with van der Waals surface area (Å²) in [5, 5.41) is 2.89. The summed E-state index contributed by atoms with van der Waals surface area (Å²) < 4.78 is 10.7. The van der Waals surface area contributed by atoms with Crippen LogP contribution in [0, 0.1) is 0 Å². The Labute approximate surface area is 150 Å². The molecule has 2 aromatic heterocycles. The van der Waals surface area contributed by atoms with Crippen LogP contribution in [0.3, 0.4) is 0 Å². The minimum Gasteiger partial charge on any atom is -0.460 e. The maximum atomic E-state index is 11.8. The Morgan fingerprint density at radius 2 is 2.08 bits per heavy atom. The maximum Gasteiger partial charge on any atom is 0.407 e. The first-order valence-electron chi connectivity index (χ1n) is 7.79. The van der Waals surface area contributed by atoms with Crippen molar-refractivity contribution < 1.29 is 13.9 Å². The van der Waals surface area contributed by atoms with Crippen molar-refractivity contribution in [2.75, 3.05) is 0 Å². The zero-order chi connectivity index (χ0) is 18.0. The molecule has 1 N–H and O–H groups in total. The van der Waals surface area contributed by atoms with Crippen molar-refractivity contribution in [2.24, 2.45) is 0 Å². The fourth-order valence-electron chi connectivity index (χ4n) is 2.35. The molecule has 2 heterocycles. The molecule has 1 amide bonds. The zero-order valence-corrected chi connectivity index (χ0v) is 14.9. The lowest BCUT2D eigenvalue weighted by Crippen LogP contribution is -2.32. The number of nitrogens with zero attached hydrogens (tertiary/aromatic N) is 2. The maximum absolute atomic E-state index is 11.8. The lowest BCUT2D eigenvalue weighted by molar-refractivity contribution is 0.0523. The fourth-order valence-corrected chi connectivity index (χ4v) is 2.52. The Bertz CT molecular complexity index is 915. The topological polar surface area (TPSA) is 77.2 Å². The van der Waals surface area contributed by atoms with Gasteiger partial charge in [0.25, 0.3) is 0 Å². The van der Waals surface area contributed by atoms with Crippen LogP contribution in [-0.2, 0) is 11.3 Å². The molecule has 0 fully saturated rings. The van der Waals surface area contributed by atoms with Crippen LogP contribution < -0.4 is 5.32 Å². The molecule has 0 aliphatic carbocycles. The van der Waals surface area contributed by atoms with E-state index in [-0.39, 0.29) is 5.28 Å². The van der Waals surface area contributed by atoms with Crippen LogP contribution >= 0.6 is 11.6 Å². The first-order chi connectivity index (χ1) is 11.8. The molecule has 25 heavy (non-hydrogen) atoms. The lowest BCUT2D eigenvalue weighted by Gasteiger charge is -2.19. The van der Waals surface area contributed by atoms with Gasteiger partial charge in [0.15, 0.2) is 5.58 Å². The van der Waals surface area contributed by atoms with E-state index < -0.39 is 11.7 Å². The molecule has 0 saturated carbocycles. The van der Waals surface area contributed by atoms with Crippen LogP contribution in [0.15, 0.2) is 41.0 Å². The van der Waals surface area contributed by atoms with Crippen molar-refractivity contribution in [1.82, 2.24) is 15.3 Å². The van der Waals surface area contributed by atoms with Gasteiger partial charge >= 0.3 is 6.09 Å². The zero-order valence-electron chi connectivity index (χ0n) is 14.2. The van der Waals surface area contributed by atoms with Crippen molar-refractivity contribution in [1.29, 1.82) is 0 Å². The van der Waals surface area contributed by atoms with Crippen molar-refractivity contribution >= 4 is 28.8 Å². The molecule has 0 bridgehead atoms. The van der Waals surface area contributed by atoms with E-state index in [1.807, 2.05) is 45.0 Å². The van der Waals surface area contributed by atoms with Crippen LogP contribution in [0.4, 0.5) is 4.79 Å². The van der Waals surface area contributed by atoms with E-state index in [0.29, 0.717) is 23.3 Å². The quantitative estimate of drug-likeness (QED) is 0.693. The Balaban J connectivity index is 1.82. The molecular weight excluding hydrogens is 342 g/mol. The predicted molar refractivity (Wildman–Crippen MR) is 95.3 cm³/mol. The lowest BCUT2D eigenvalue weighted by atomic mass is 10.1. The second-order valence-electron chi connectivity index (χ2n) is 6.53. The average Bonchev–Trinajstić information content (AvgIpc) is 2.99.